The fourth-order valence-corrected chi connectivity index (χ4v) is 2.25. The van der Waals surface area contributed by atoms with Crippen LogP contribution in [0.2, 0.25) is 5.02 Å². The summed E-state index contributed by atoms with van der Waals surface area (Å²) < 4.78 is 13.2. The minimum atomic E-state index is -0.348. The number of halogens is 2. The Kier molecular flexibility index (Phi) is 4.99. The van der Waals surface area contributed by atoms with Gasteiger partial charge in [0.1, 0.15) is 11.6 Å². The fourth-order valence-electron chi connectivity index (χ4n) is 2.12. The Hall–Kier alpha value is -1.58. The molecule has 4 heteroatoms. The Morgan fingerprint density at radius 3 is 2.55 bits per heavy atom. The third-order valence-corrected chi connectivity index (χ3v) is 3.51. The van der Waals surface area contributed by atoms with Crippen molar-refractivity contribution in [2.75, 3.05) is 0 Å². The van der Waals surface area contributed by atoms with Crippen LogP contribution in [0, 0.1) is 5.82 Å². The summed E-state index contributed by atoms with van der Waals surface area (Å²) in [6.07, 6.45) is 0.887. The van der Waals surface area contributed by atoms with E-state index < -0.39 is 0 Å². The van der Waals surface area contributed by atoms with Gasteiger partial charge in [0, 0.05) is 23.2 Å². The highest BCUT2D eigenvalue weighted by atomic mass is 35.5. The van der Waals surface area contributed by atoms with Crippen LogP contribution in [0.5, 0.6) is 5.75 Å². The minimum Gasteiger partial charge on any atom is -0.508 e. The van der Waals surface area contributed by atoms with Gasteiger partial charge >= 0.3 is 0 Å². The van der Waals surface area contributed by atoms with Crippen LogP contribution < -0.4 is 5.32 Å². The Labute approximate surface area is 123 Å². The first kappa shape index (κ1) is 14.8. The van der Waals surface area contributed by atoms with E-state index in [1.165, 1.54) is 18.2 Å². The summed E-state index contributed by atoms with van der Waals surface area (Å²) >= 11 is 5.88. The molecule has 20 heavy (non-hydrogen) atoms. The molecule has 2 aromatic rings. The Bertz CT molecular complexity index is 571. The minimum absolute atomic E-state index is 0.102. The Morgan fingerprint density at radius 1 is 1.20 bits per heavy atom. The van der Waals surface area contributed by atoms with Crippen molar-refractivity contribution in [1.29, 1.82) is 0 Å². The lowest BCUT2D eigenvalue weighted by Crippen LogP contribution is -2.20. The molecular formula is C16H17ClFNO. The van der Waals surface area contributed by atoms with E-state index in [2.05, 4.69) is 12.2 Å². The number of benzene rings is 2. The van der Waals surface area contributed by atoms with Gasteiger partial charge in [0.15, 0.2) is 0 Å². The lowest BCUT2D eigenvalue weighted by atomic mass is 10.0. The van der Waals surface area contributed by atoms with Crippen molar-refractivity contribution in [3.63, 3.8) is 0 Å². The molecule has 2 aromatic carbocycles. The molecule has 0 aliphatic heterocycles. The molecule has 0 aliphatic carbocycles. The molecule has 2 N–H and O–H groups in total. The van der Waals surface area contributed by atoms with Gasteiger partial charge < -0.3 is 10.4 Å². The van der Waals surface area contributed by atoms with E-state index in [0.29, 0.717) is 17.1 Å². The number of nitrogens with one attached hydrogen (secondary N) is 1. The molecule has 0 aliphatic rings. The molecule has 106 valence electrons. The molecular weight excluding hydrogens is 277 g/mol. The standard InChI is InChI=1S/C16H17ClFNO/c1-2-15(11-3-5-13(17)6-4-11)19-10-12-9-14(18)7-8-16(12)20/h3-9,15,19-20H,2,10H2,1H3. The molecule has 0 saturated heterocycles. The number of phenols is 1. The summed E-state index contributed by atoms with van der Waals surface area (Å²) in [7, 11) is 0. The highest BCUT2D eigenvalue weighted by Gasteiger charge is 2.10. The maximum absolute atomic E-state index is 13.2. The molecule has 0 radical (unpaired) electrons. The lowest BCUT2D eigenvalue weighted by Gasteiger charge is -2.18. The molecule has 2 nitrogen and oxygen atoms in total. The second kappa shape index (κ2) is 6.73. The van der Waals surface area contributed by atoms with E-state index in [0.717, 1.165) is 12.0 Å². The third-order valence-electron chi connectivity index (χ3n) is 3.26. The monoisotopic (exact) mass is 293 g/mol. The van der Waals surface area contributed by atoms with E-state index in [4.69, 9.17) is 11.6 Å². The number of hydrogen-bond acceptors (Lipinski definition) is 2. The smallest absolute Gasteiger partial charge is 0.123 e. The van der Waals surface area contributed by atoms with E-state index in [1.807, 2.05) is 24.3 Å². The van der Waals surface area contributed by atoms with Gasteiger partial charge in [0.2, 0.25) is 0 Å². The third kappa shape index (κ3) is 3.71. The predicted octanol–water partition coefficient (Wildman–Crippen LogP) is 4.43. The van der Waals surface area contributed by atoms with Gasteiger partial charge in [0.25, 0.3) is 0 Å². The number of rotatable bonds is 5. The largest absolute Gasteiger partial charge is 0.508 e. The van der Waals surface area contributed by atoms with Crippen molar-refractivity contribution in [3.05, 3.63) is 64.4 Å². The predicted molar refractivity (Wildman–Crippen MR) is 79.4 cm³/mol. The Balaban J connectivity index is 2.07. The quantitative estimate of drug-likeness (QED) is 0.855. The maximum atomic E-state index is 13.2. The van der Waals surface area contributed by atoms with E-state index in [-0.39, 0.29) is 17.6 Å². The van der Waals surface area contributed by atoms with Crippen LogP contribution in [-0.4, -0.2) is 5.11 Å². The van der Waals surface area contributed by atoms with Crippen LogP contribution in [0.15, 0.2) is 42.5 Å². The molecule has 0 spiro atoms. The van der Waals surface area contributed by atoms with Crippen molar-refractivity contribution < 1.29 is 9.50 Å². The van der Waals surface area contributed by atoms with Crippen molar-refractivity contribution in [2.45, 2.75) is 25.9 Å². The van der Waals surface area contributed by atoms with Crippen LogP contribution in [0.25, 0.3) is 0 Å². The first-order valence-corrected chi connectivity index (χ1v) is 6.94. The van der Waals surface area contributed by atoms with Gasteiger partial charge in [0.05, 0.1) is 0 Å². The molecule has 0 saturated carbocycles. The zero-order chi connectivity index (χ0) is 14.5. The second-order valence-corrected chi connectivity index (χ2v) is 5.10. The topological polar surface area (TPSA) is 32.3 Å². The lowest BCUT2D eigenvalue weighted by molar-refractivity contribution is 0.452. The molecule has 1 unspecified atom stereocenters. The van der Waals surface area contributed by atoms with Gasteiger partial charge in [-0.3, -0.25) is 0 Å². The van der Waals surface area contributed by atoms with Crippen LogP contribution in [-0.2, 0) is 6.54 Å². The summed E-state index contributed by atoms with van der Waals surface area (Å²) in [6.45, 7) is 2.47. The molecule has 1 atom stereocenters. The van der Waals surface area contributed by atoms with Gasteiger partial charge in [-0.05, 0) is 42.3 Å². The van der Waals surface area contributed by atoms with Gasteiger partial charge in [-0.1, -0.05) is 30.7 Å². The van der Waals surface area contributed by atoms with Gasteiger partial charge in [-0.2, -0.15) is 0 Å². The van der Waals surface area contributed by atoms with Crippen LogP contribution in [0.3, 0.4) is 0 Å². The van der Waals surface area contributed by atoms with Crippen LogP contribution >= 0.6 is 11.6 Å². The summed E-state index contributed by atoms with van der Waals surface area (Å²) in [5.74, 6) is -0.246. The van der Waals surface area contributed by atoms with Crippen LogP contribution in [0.4, 0.5) is 4.39 Å². The number of aromatic hydroxyl groups is 1. The number of hydrogen-bond donors (Lipinski definition) is 2. The average molecular weight is 294 g/mol. The van der Waals surface area contributed by atoms with E-state index in [1.54, 1.807) is 0 Å². The van der Waals surface area contributed by atoms with E-state index >= 15 is 0 Å². The summed E-state index contributed by atoms with van der Waals surface area (Å²) in [4.78, 5) is 0. The molecule has 0 amide bonds. The second-order valence-electron chi connectivity index (χ2n) is 4.67. The van der Waals surface area contributed by atoms with Crippen molar-refractivity contribution >= 4 is 11.6 Å². The molecule has 0 aromatic heterocycles. The number of phenolic OH excluding ortho intramolecular Hbond substituents is 1. The van der Waals surface area contributed by atoms with Gasteiger partial charge in [-0.15, -0.1) is 0 Å². The zero-order valence-corrected chi connectivity index (χ0v) is 12.0. The summed E-state index contributed by atoms with van der Waals surface area (Å²) in [6, 6.07) is 11.7. The first-order chi connectivity index (χ1) is 9.60. The molecule has 0 heterocycles. The van der Waals surface area contributed by atoms with Crippen molar-refractivity contribution in [1.82, 2.24) is 5.32 Å². The van der Waals surface area contributed by atoms with Crippen LogP contribution in [0.1, 0.15) is 30.5 Å². The molecule has 0 bridgehead atoms. The van der Waals surface area contributed by atoms with Gasteiger partial charge in [-0.25, -0.2) is 4.39 Å². The van der Waals surface area contributed by atoms with Crippen molar-refractivity contribution in [2.24, 2.45) is 0 Å². The average Bonchev–Trinajstić information content (AvgIpc) is 2.45. The van der Waals surface area contributed by atoms with Crippen molar-refractivity contribution in [3.8, 4) is 5.75 Å². The maximum Gasteiger partial charge on any atom is 0.123 e. The summed E-state index contributed by atoms with van der Waals surface area (Å²) in [5.41, 5.74) is 1.67. The SMILES string of the molecule is CCC(NCc1cc(F)ccc1O)c1ccc(Cl)cc1. The van der Waals surface area contributed by atoms with E-state index in [9.17, 15) is 9.50 Å². The Morgan fingerprint density at radius 2 is 1.90 bits per heavy atom. The zero-order valence-electron chi connectivity index (χ0n) is 11.2. The normalized spacial score (nSPS) is 12.3. The highest BCUT2D eigenvalue weighted by molar-refractivity contribution is 6.30. The highest BCUT2D eigenvalue weighted by Crippen LogP contribution is 2.22. The summed E-state index contributed by atoms with van der Waals surface area (Å²) in [5, 5.41) is 13.7. The first-order valence-electron chi connectivity index (χ1n) is 6.56. The molecule has 2 rings (SSSR count). The molecule has 0 fully saturated rings. The fraction of sp³-hybridized carbons (Fsp3) is 0.250.